The summed E-state index contributed by atoms with van der Waals surface area (Å²) in [6.07, 6.45) is 0. The van der Waals surface area contributed by atoms with Gasteiger partial charge in [-0.25, -0.2) is 9.59 Å². The fourth-order valence-corrected chi connectivity index (χ4v) is 5.04. The summed E-state index contributed by atoms with van der Waals surface area (Å²) in [5.74, 6) is -1.19. The van der Waals surface area contributed by atoms with Crippen LogP contribution in [-0.4, -0.2) is 24.3 Å². The van der Waals surface area contributed by atoms with Crippen LogP contribution in [0.15, 0.2) is 158 Å². The molecule has 0 bridgehead atoms. The first kappa shape index (κ1) is 34.2. The van der Waals surface area contributed by atoms with Crippen LogP contribution in [0, 0.1) is 0 Å². The maximum absolute atomic E-state index is 13.9. The second kappa shape index (κ2) is 17.1. The quantitative estimate of drug-likeness (QED) is 0.0605. The Morgan fingerprint density at radius 2 is 0.882 bits per heavy atom. The summed E-state index contributed by atoms with van der Waals surface area (Å²) in [5.41, 5.74) is 3.19. The lowest BCUT2D eigenvalue weighted by Gasteiger charge is -2.18. The monoisotopic (exact) mass is 678 g/mol. The first-order chi connectivity index (χ1) is 25.0. The third-order valence-corrected chi connectivity index (χ3v) is 7.69. The van der Waals surface area contributed by atoms with E-state index in [1.807, 2.05) is 91.0 Å². The Balaban J connectivity index is 1.28. The number of Topliss-reactive ketones (excluding diaryl/α,β-unsaturated/α-hetero) is 1. The number of ketones is 1. The van der Waals surface area contributed by atoms with E-state index in [0.717, 1.165) is 16.7 Å². The lowest BCUT2D eigenvalue weighted by molar-refractivity contribution is 0.0471. The number of carbonyl (C=O) groups is 3. The van der Waals surface area contributed by atoms with Crippen LogP contribution >= 0.6 is 0 Å². The van der Waals surface area contributed by atoms with Gasteiger partial charge < -0.3 is 23.7 Å². The van der Waals surface area contributed by atoms with Gasteiger partial charge >= 0.3 is 11.9 Å². The summed E-state index contributed by atoms with van der Waals surface area (Å²) < 4.78 is 29.4. The van der Waals surface area contributed by atoms with Crippen LogP contribution in [-0.2, 0) is 24.6 Å². The highest BCUT2D eigenvalue weighted by Crippen LogP contribution is 2.36. The third kappa shape index (κ3) is 9.70. The lowest BCUT2D eigenvalue weighted by Crippen LogP contribution is -2.18. The number of benzene rings is 6. The number of esters is 2. The number of hydrogen-bond donors (Lipinski definition) is 0. The van der Waals surface area contributed by atoms with Crippen molar-refractivity contribution in [3.63, 3.8) is 0 Å². The van der Waals surface area contributed by atoms with Crippen molar-refractivity contribution in [2.75, 3.05) is 6.61 Å². The highest BCUT2D eigenvalue weighted by Gasteiger charge is 2.25. The van der Waals surface area contributed by atoms with Crippen molar-refractivity contribution < 1.29 is 38.1 Å². The van der Waals surface area contributed by atoms with Crippen LogP contribution < -0.4 is 18.9 Å². The molecule has 0 atom stereocenters. The number of hydrogen-bond acceptors (Lipinski definition) is 8. The Kier molecular flexibility index (Phi) is 11.5. The number of carbonyl (C=O) groups excluding carboxylic acids is 3. The molecule has 6 aromatic carbocycles. The van der Waals surface area contributed by atoms with Gasteiger partial charge in [0.25, 0.3) is 0 Å². The van der Waals surface area contributed by atoms with Gasteiger partial charge in [-0.15, -0.1) is 0 Å². The van der Waals surface area contributed by atoms with Crippen LogP contribution in [0.3, 0.4) is 0 Å². The zero-order chi connectivity index (χ0) is 35.3. The van der Waals surface area contributed by atoms with Gasteiger partial charge in [0.15, 0.2) is 6.61 Å². The molecule has 0 spiro atoms. The molecule has 0 fully saturated rings. The molecule has 51 heavy (non-hydrogen) atoms. The fourth-order valence-electron chi connectivity index (χ4n) is 5.04. The standard InChI is InChI=1S/C43H34O8/c44-38(30-50-42(45)34-19-11-4-12-20-34)41-39(49-29-33-17-9-3-10-18-33)25-37(48-28-32-15-7-2-8-16-32)26-40(41)51-43(46)35-21-23-36(24-22-35)47-27-31-13-5-1-6-14-31/h1-26H,27-30H2. The van der Waals surface area contributed by atoms with E-state index in [-0.39, 0.29) is 35.8 Å². The zero-order valence-corrected chi connectivity index (χ0v) is 27.6. The highest BCUT2D eigenvalue weighted by molar-refractivity contribution is 6.05. The van der Waals surface area contributed by atoms with E-state index in [9.17, 15) is 14.4 Å². The van der Waals surface area contributed by atoms with E-state index in [1.165, 1.54) is 6.07 Å². The topological polar surface area (TPSA) is 97.4 Å². The molecule has 0 radical (unpaired) electrons. The molecule has 0 amide bonds. The molecule has 0 N–H and O–H groups in total. The van der Waals surface area contributed by atoms with Gasteiger partial charge in [-0.1, -0.05) is 109 Å². The van der Waals surface area contributed by atoms with Crippen LogP contribution in [0.1, 0.15) is 47.8 Å². The molecule has 0 unspecified atom stereocenters. The smallest absolute Gasteiger partial charge is 0.343 e. The molecule has 8 heteroatoms. The molecular formula is C43H34O8. The molecular weight excluding hydrogens is 644 g/mol. The molecule has 8 nitrogen and oxygen atoms in total. The second-order valence-corrected chi connectivity index (χ2v) is 11.4. The van der Waals surface area contributed by atoms with Crippen molar-refractivity contribution in [3.05, 3.63) is 191 Å². The Hall–Kier alpha value is -6.67. The molecule has 0 aliphatic heterocycles. The van der Waals surface area contributed by atoms with Crippen molar-refractivity contribution in [2.45, 2.75) is 19.8 Å². The first-order valence-corrected chi connectivity index (χ1v) is 16.3. The zero-order valence-electron chi connectivity index (χ0n) is 27.6. The van der Waals surface area contributed by atoms with Crippen molar-refractivity contribution in [2.24, 2.45) is 0 Å². The average molecular weight is 679 g/mol. The molecule has 0 saturated carbocycles. The Labute approximate surface area is 295 Å². The minimum absolute atomic E-state index is 0.0741. The number of rotatable bonds is 15. The molecule has 6 rings (SSSR count). The normalized spacial score (nSPS) is 10.5. The van der Waals surface area contributed by atoms with Gasteiger partial charge in [0, 0.05) is 12.1 Å². The van der Waals surface area contributed by atoms with Crippen molar-refractivity contribution in [1.29, 1.82) is 0 Å². The Morgan fingerprint density at radius 3 is 1.43 bits per heavy atom. The molecule has 0 aliphatic rings. The SMILES string of the molecule is O=C(OCC(=O)c1c(OCc2ccccc2)cc(OCc2ccccc2)cc1OC(=O)c1ccc(OCc2ccccc2)cc1)c1ccccc1. The van der Waals surface area contributed by atoms with Gasteiger partial charge in [-0.2, -0.15) is 0 Å². The van der Waals surface area contributed by atoms with Gasteiger partial charge in [0.05, 0.1) is 11.1 Å². The van der Waals surface area contributed by atoms with Crippen LogP contribution in [0.2, 0.25) is 0 Å². The summed E-state index contributed by atoms with van der Waals surface area (Å²) >= 11 is 0. The Bertz CT molecular complexity index is 2050. The summed E-state index contributed by atoms with van der Waals surface area (Å²) in [6.45, 7) is 0.0494. The molecule has 0 heterocycles. The van der Waals surface area contributed by atoms with E-state index in [0.29, 0.717) is 23.7 Å². The van der Waals surface area contributed by atoms with E-state index < -0.39 is 24.3 Å². The van der Waals surface area contributed by atoms with Crippen molar-refractivity contribution in [1.82, 2.24) is 0 Å². The van der Waals surface area contributed by atoms with E-state index in [1.54, 1.807) is 60.7 Å². The lowest BCUT2D eigenvalue weighted by atomic mass is 10.1. The summed E-state index contributed by atoms with van der Waals surface area (Å²) in [6, 6.07) is 46.5. The van der Waals surface area contributed by atoms with Gasteiger partial charge in [-0.05, 0) is 53.1 Å². The largest absolute Gasteiger partial charge is 0.489 e. The van der Waals surface area contributed by atoms with Gasteiger partial charge in [-0.3, -0.25) is 4.79 Å². The average Bonchev–Trinajstić information content (AvgIpc) is 3.19. The Morgan fingerprint density at radius 1 is 0.431 bits per heavy atom. The third-order valence-electron chi connectivity index (χ3n) is 7.69. The van der Waals surface area contributed by atoms with Gasteiger partial charge in [0.1, 0.15) is 48.4 Å². The first-order valence-electron chi connectivity index (χ1n) is 16.3. The molecule has 0 saturated heterocycles. The van der Waals surface area contributed by atoms with E-state index in [2.05, 4.69) is 0 Å². The predicted octanol–water partition coefficient (Wildman–Crippen LogP) is 8.68. The minimum Gasteiger partial charge on any atom is -0.489 e. The fraction of sp³-hybridized carbons (Fsp3) is 0.0930. The van der Waals surface area contributed by atoms with E-state index in [4.69, 9.17) is 23.7 Å². The second-order valence-electron chi connectivity index (χ2n) is 11.4. The maximum atomic E-state index is 13.9. The summed E-state index contributed by atoms with van der Waals surface area (Å²) in [7, 11) is 0. The molecule has 0 aromatic heterocycles. The van der Waals surface area contributed by atoms with Crippen LogP contribution in [0.4, 0.5) is 0 Å². The van der Waals surface area contributed by atoms with Crippen molar-refractivity contribution in [3.8, 4) is 23.0 Å². The molecule has 0 aliphatic carbocycles. The maximum Gasteiger partial charge on any atom is 0.343 e. The van der Waals surface area contributed by atoms with E-state index >= 15 is 0 Å². The van der Waals surface area contributed by atoms with Crippen molar-refractivity contribution >= 4 is 17.7 Å². The van der Waals surface area contributed by atoms with Gasteiger partial charge in [0.2, 0.25) is 5.78 Å². The van der Waals surface area contributed by atoms with Crippen LogP contribution in [0.5, 0.6) is 23.0 Å². The highest BCUT2D eigenvalue weighted by atomic mass is 16.5. The molecule has 6 aromatic rings. The number of ether oxygens (including phenoxy) is 5. The summed E-state index contributed by atoms with van der Waals surface area (Å²) in [5, 5.41) is 0. The van der Waals surface area contributed by atoms with Crippen LogP contribution in [0.25, 0.3) is 0 Å². The molecule has 254 valence electrons. The minimum atomic E-state index is -0.728. The summed E-state index contributed by atoms with van der Waals surface area (Å²) in [4.78, 5) is 40.2. The predicted molar refractivity (Wildman–Crippen MR) is 191 cm³/mol.